The van der Waals surface area contributed by atoms with Gasteiger partial charge >= 0.3 is 0 Å². The van der Waals surface area contributed by atoms with Gasteiger partial charge in [-0.3, -0.25) is 9.59 Å². The molecule has 2 aromatic carbocycles. The molecule has 0 spiro atoms. The van der Waals surface area contributed by atoms with Gasteiger partial charge in [0.2, 0.25) is 0 Å². The van der Waals surface area contributed by atoms with Crippen molar-refractivity contribution in [1.82, 2.24) is 15.0 Å². The van der Waals surface area contributed by atoms with E-state index >= 15 is 0 Å². The SMILES string of the molecule is Cc1cnc2[nH]cc(-c3cccc(C(=O)N4CCc5cc(C(=O)Nc6c(C)cccc6F)sc5-c5ccccc54)n3)c2c1. The van der Waals surface area contributed by atoms with Crippen LogP contribution in [0.15, 0.2) is 85.2 Å². The molecular weight excluding hydrogens is 561 g/mol. The fourth-order valence-corrected chi connectivity index (χ4v) is 6.69. The highest BCUT2D eigenvalue weighted by atomic mass is 32.1. The van der Waals surface area contributed by atoms with E-state index in [4.69, 9.17) is 4.98 Å². The number of hydrogen-bond acceptors (Lipinski definition) is 5. The summed E-state index contributed by atoms with van der Waals surface area (Å²) in [6.07, 6.45) is 4.23. The Hall–Kier alpha value is -5.15. The second-order valence-corrected chi connectivity index (χ2v) is 11.6. The van der Waals surface area contributed by atoms with Gasteiger partial charge in [0.05, 0.1) is 21.9 Å². The minimum absolute atomic E-state index is 0.182. The van der Waals surface area contributed by atoms with E-state index in [1.54, 1.807) is 30.0 Å². The van der Waals surface area contributed by atoms with Gasteiger partial charge in [-0.2, -0.15) is 0 Å². The van der Waals surface area contributed by atoms with Gasteiger partial charge in [0.1, 0.15) is 17.2 Å². The maximum absolute atomic E-state index is 14.4. The molecule has 7 rings (SSSR count). The number of aromatic nitrogens is 3. The molecule has 212 valence electrons. The number of anilines is 2. The zero-order chi connectivity index (χ0) is 29.7. The van der Waals surface area contributed by atoms with Crippen LogP contribution in [0.5, 0.6) is 0 Å². The third-order valence-electron chi connectivity index (χ3n) is 7.69. The summed E-state index contributed by atoms with van der Waals surface area (Å²) in [5.74, 6) is -1.04. The molecule has 9 heteroatoms. The summed E-state index contributed by atoms with van der Waals surface area (Å²) in [6, 6.07) is 21.8. The molecule has 7 nitrogen and oxygen atoms in total. The fourth-order valence-electron chi connectivity index (χ4n) is 5.55. The monoisotopic (exact) mass is 587 g/mol. The Kier molecular flexibility index (Phi) is 6.59. The van der Waals surface area contributed by atoms with Gasteiger partial charge in [-0.25, -0.2) is 14.4 Å². The molecule has 0 unspecified atom stereocenters. The Morgan fingerprint density at radius 1 is 1.00 bits per heavy atom. The zero-order valence-corrected chi connectivity index (χ0v) is 24.3. The van der Waals surface area contributed by atoms with Gasteiger partial charge in [-0.1, -0.05) is 36.4 Å². The maximum atomic E-state index is 14.4. The van der Waals surface area contributed by atoms with E-state index in [2.05, 4.69) is 21.4 Å². The van der Waals surface area contributed by atoms with Crippen molar-refractivity contribution >= 4 is 45.6 Å². The standard InChI is InChI=1S/C34H26FN5O2S/c1-19-15-23-24(18-37-32(23)36-17-19)26-10-6-11-27(38-26)34(42)40-14-13-21-16-29(43-31(21)22-8-3-4-12-28(22)40)33(41)39-30-20(2)7-5-9-25(30)35/h3-12,15-18H,13-14H2,1-2H3,(H,36,37)(H,39,41). The molecule has 1 aliphatic heterocycles. The number of carbonyl (C=O) groups excluding carboxylic acids is 2. The molecule has 0 radical (unpaired) electrons. The average molecular weight is 588 g/mol. The van der Waals surface area contributed by atoms with Gasteiger partial charge in [-0.05, 0) is 73.4 Å². The van der Waals surface area contributed by atoms with Crippen molar-refractivity contribution in [3.05, 3.63) is 118 Å². The van der Waals surface area contributed by atoms with E-state index in [-0.39, 0.29) is 17.5 Å². The number of aryl methyl sites for hydroxylation is 2. The van der Waals surface area contributed by atoms with Crippen molar-refractivity contribution in [1.29, 1.82) is 0 Å². The summed E-state index contributed by atoms with van der Waals surface area (Å²) in [4.78, 5) is 42.8. The molecule has 4 aromatic heterocycles. The average Bonchev–Trinajstić information content (AvgIpc) is 3.60. The molecule has 0 bridgehead atoms. The molecule has 43 heavy (non-hydrogen) atoms. The first kappa shape index (κ1) is 26.7. The van der Waals surface area contributed by atoms with Crippen molar-refractivity contribution in [3.8, 4) is 21.7 Å². The van der Waals surface area contributed by atoms with E-state index in [0.717, 1.165) is 43.9 Å². The van der Waals surface area contributed by atoms with Crippen LogP contribution in [0.4, 0.5) is 15.8 Å². The predicted octanol–water partition coefficient (Wildman–Crippen LogP) is 7.56. The molecule has 0 saturated carbocycles. The molecule has 5 heterocycles. The van der Waals surface area contributed by atoms with E-state index in [9.17, 15) is 14.0 Å². The smallest absolute Gasteiger partial charge is 0.276 e. The number of benzene rings is 2. The van der Waals surface area contributed by atoms with Gasteiger partial charge < -0.3 is 15.2 Å². The quantitative estimate of drug-likeness (QED) is 0.223. The molecule has 0 atom stereocenters. The third-order valence-corrected chi connectivity index (χ3v) is 8.90. The van der Waals surface area contributed by atoms with Crippen molar-refractivity contribution in [2.45, 2.75) is 20.3 Å². The summed E-state index contributed by atoms with van der Waals surface area (Å²) in [5, 5.41) is 3.69. The largest absolute Gasteiger partial charge is 0.345 e. The second kappa shape index (κ2) is 10.6. The summed E-state index contributed by atoms with van der Waals surface area (Å²) in [5.41, 5.74) is 7.14. The predicted molar refractivity (Wildman–Crippen MR) is 168 cm³/mol. The van der Waals surface area contributed by atoms with Crippen molar-refractivity contribution < 1.29 is 14.0 Å². The summed E-state index contributed by atoms with van der Waals surface area (Å²) < 4.78 is 14.4. The lowest BCUT2D eigenvalue weighted by Crippen LogP contribution is -2.33. The first-order valence-electron chi connectivity index (χ1n) is 13.9. The number of amides is 2. The zero-order valence-electron chi connectivity index (χ0n) is 23.4. The Morgan fingerprint density at radius 3 is 2.70 bits per heavy atom. The lowest BCUT2D eigenvalue weighted by atomic mass is 10.1. The van der Waals surface area contributed by atoms with Crippen molar-refractivity contribution in [2.75, 3.05) is 16.8 Å². The summed E-state index contributed by atoms with van der Waals surface area (Å²) >= 11 is 1.35. The topological polar surface area (TPSA) is 91.0 Å². The molecule has 1 aliphatic rings. The van der Waals surface area contributed by atoms with Crippen LogP contribution in [0.25, 0.3) is 32.7 Å². The molecular formula is C34H26FN5O2S. The van der Waals surface area contributed by atoms with Crippen LogP contribution >= 0.6 is 11.3 Å². The molecule has 2 amide bonds. The number of aromatic amines is 1. The van der Waals surface area contributed by atoms with Crippen LogP contribution in [0, 0.1) is 19.7 Å². The first-order valence-corrected chi connectivity index (χ1v) is 14.7. The van der Waals surface area contributed by atoms with Gasteiger partial charge in [0.25, 0.3) is 11.8 Å². The Morgan fingerprint density at radius 2 is 1.84 bits per heavy atom. The number of fused-ring (bicyclic) bond motifs is 4. The maximum Gasteiger partial charge on any atom is 0.276 e. The van der Waals surface area contributed by atoms with Crippen LogP contribution < -0.4 is 10.2 Å². The van der Waals surface area contributed by atoms with Gasteiger partial charge in [0.15, 0.2) is 0 Å². The Labute approximate surface area is 251 Å². The van der Waals surface area contributed by atoms with E-state index in [0.29, 0.717) is 34.8 Å². The fraction of sp³-hybridized carbons (Fsp3) is 0.118. The lowest BCUT2D eigenvalue weighted by molar-refractivity contribution is 0.0981. The van der Waals surface area contributed by atoms with Crippen LogP contribution in [0.3, 0.4) is 0 Å². The number of para-hydroxylation sites is 2. The number of rotatable bonds is 4. The molecule has 6 aromatic rings. The molecule has 0 fully saturated rings. The summed E-state index contributed by atoms with van der Waals surface area (Å²) in [7, 11) is 0. The number of H-pyrrole nitrogens is 1. The number of halogens is 1. The summed E-state index contributed by atoms with van der Waals surface area (Å²) in [6.45, 7) is 4.16. The lowest BCUT2D eigenvalue weighted by Gasteiger charge is -2.23. The second-order valence-electron chi connectivity index (χ2n) is 10.6. The normalized spacial score (nSPS) is 12.5. The highest BCUT2D eigenvalue weighted by molar-refractivity contribution is 7.17. The Bertz CT molecular complexity index is 2040. The minimum atomic E-state index is -0.472. The molecule has 0 aliphatic carbocycles. The molecule has 0 saturated heterocycles. The minimum Gasteiger partial charge on any atom is -0.345 e. The van der Waals surface area contributed by atoms with Gasteiger partial charge in [-0.15, -0.1) is 11.3 Å². The number of nitrogens with zero attached hydrogens (tertiary/aromatic N) is 3. The number of pyridine rings is 2. The van der Waals surface area contributed by atoms with Crippen LogP contribution in [0.1, 0.15) is 36.9 Å². The van der Waals surface area contributed by atoms with Crippen molar-refractivity contribution in [2.24, 2.45) is 0 Å². The third kappa shape index (κ3) is 4.77. The van der Waals surface area contributed by atoms with Crippen LogP contribution in [-0.2, 0) is 6.42 Å². The van der Waals surface area contributed by atoms with E-state index in [1.807, 2.05) is 61.8 Å². The number of carbonyl (C=O) groups is 2. The van der Waals surface area contributed by atoms with Crippen LogP contribution in [0.2, 0.25) is 0 Å². The molecule has 2 N–H and O–H groups in total. The number of thiophene rings is 1. The highest BCUT2D eigenvalue weighted by Gasteiger charge is 2.28. The number of nitrogens with one attached hydrogen (secondary N) is 2. The van der Waals surface area contributed by atoms with Crippen LogP contribution in [-0.4, -0.2) is 33.3 Å². The van der Waals surface area contributed by atoms with E-state index < -0.39 is 5.82 Å². The van der Waals surface area contributed by atoms with E-state index in [1.165, 1.54) is 17.4 Å². The highest BCUT2D eigenvalue weighted by Crippen LogP contribution is 2.42. The van der Waals surface area contributed by atoms with Crippen molar-refractivity contribution in [3.63, 3.8) is 0 Å². The Balaban J connectivity index is 1.21. The van der Waals surface area contributed by atoms with Gasteiger partial charge in [0, 0.05) is 40.3 Å². The first-order chi connectivity index (χ1) is 20.9. The number of hydrogen-bond donors (Lipinski definition) is 2.